The Morgan fingerprint density at radius 2 is 1.63 bits per heavy atom. The first kappa shape index (κ1) is 22.4. The van der Waals surface area contributed by atoms with Gasteiger partial charge in [0.25, 0.3) is 5.69 Å². The number of nitrogens with one attached hydrogen (secondary N) is 1. The van der Waals surface area contributed by atoms with E-state index in [0.717, 1.165) is 0 Å². The number of hydrogen-bond acceptors (Lipinski definition) is 7. The van der Waals surface area contributed by atoms with E-state index in [9.17, 15) is 19.7 Å². The van der Waals surface area contributed by atoms with E-state index in [-0.39, 0.29) is 18.0 Å². The highest BCUT2D eigenvalue weighted by Crippen LogP contribution is 2.18. The number of carbonyl (C=O) groups is 2. The number of hydrogen-bond donors (Lipinski definition) is 1. The lowest BCUT2D eigenvalue weighted by atomic mass is 10.2. The fourth-order valence-corrected chi connectivity index (χ4v) is 1.77. The van der Waals surface area contributed by atoms with Crippen molar-refractivity contribution < 1.29 is 28.7 Å². The smallest absolute Gasteiger partial charge is 0.408 e. The fraction of sp³-hybridized carbons (Fsp3) is 0.556. The summed E-state index contributed by atoms with van der Waals surface area (Å²) in [7, 11) is 0. The lowest BCUT2D eigenvalue weighted by molar-refractivity contribution is -0.384. The van der Waals surface area contributed by atoms with Gasteiger partial charge in [0.15, 0.2) is 6.04 Å². The molecule has 0 spiro atoms. The molecule has 27 heavy (non-hydrogen) atoms. The van der Waals surface area contributed by atoms with Crippen molar-refractivity contribution in [2.24, 2.45) is 0 Å². The summed E-state index contributed by atoms with van der Waals surface area (Å²) in [5.41, 5.74) is -1.40. The predicted molar refractivity (Wildman–Crippen MR) is 97.6 cm³/mol. The molecule has 9 nitrogen and oxygen atoms in total. The Morgan fingerprint density at radius 3 is 2.07 bits per heavy atom. The molecule has 0 bridgehead atoms. The molecule has 0 heterocycles. The van der Waals surface area contributed by atoms with E-state index in [1.54, 1.807) is 41.5 Å². The summed E-state index contributed by atoms with van der Waals surface area (Å²) >= 11 is 0. The highest BCUT2D eigenvalue weighted by Gasteiger charge is 2.28. The van der Waals surface area contributed by atoms with Crippen LogP contribution in [-0.2, 0) is 14.3 Å². The molecule has 1 rings (SSSR count). The lowest BCUT2D eigenvalue weighted by Crippen LogP contribution is -2.48. The van der Waals surface area contributed by atoms with Gasteiger partial charge in [0.2, 0.25) is 0 Å². The highest BCUT2D eigenvalue weighted by atomic mass is 16.6. The van der Waals surface area contributed by atoms with Crippen LogP contribution < -0.4 is 10.1 Å². The third-order valence-electron chi connectivity index (χ3n) is 2.92. The van der Waals surface area contributed by atoms with Crippen molar-refractivity contribution >= 4 is 17.7 Å². The van der Waals surface area contributed by atoms with Gasteiger partial charge in [0.05, 0.1) is 17.1 Å². The molecule has 0 aliphatic heterocycles. The number of rotatable bonds is 6. The molecule has 0 unspecified atom stereocenters. The summed E-state index contributed by atoms with van der Waals surface area (Å²) in [5.74, 6) is -0.670. The van der Waals surface area contributed by atoms with Crippen LogP contribution in [0.15, 0.2) is 24.3 Å². The normalized spacial score (nSPS) is 12.8. The summed E-state index contributed by atoms with van der Waals surface area (Å²) in [6.45, 7) is 10.4. The summed E-state index contributed by atoms with van der Waals surface area (Å²) in [6, 6.07) is 3.90. The molecule has 0 radical (unpaired) electrons. The minimum absolute atomic E-state index is 0.109. The van der Waals surface area contributed by atoms with Crippen LogP contribution in [0.2, 0.25) is 0 Å². The van der Waals surface area contributed by atoms with Crippen LogP contribution in [0.1, 0.15) is 41.5 Å². The largest absolute Gasteiger partial charge is 0.444 e. The Balaban J connectivity index is 2.84. The maximum Gasteiger partial charge on any atom is 0.408 e. The zero-order valence-electron chi connectivity index (χ0n) is 16.4. The summed E-state index contributed by atoms with van der Waals surface area (Å²) in [5, 5.41) is 13.1. The molecule has 9 heteroatoms. The zero-order chi connectivity index (χ0) is 20.8. The molecule has 0 saturated carbocycles. The van der Waals surface area contributed by atoms with Gasteiger partial charge in [-0.1, -0.05) is 0 Å². The van der Waals surface area contributed by atoms with Crippen molar-refractivity contribution in [1.29, 1.82) is 0 Å². The molecule has 0 aliphatic rings. The van der Waals surface area contributed by atoms with Crippen molar-refractivity contribution in [2.75, 3.05) is 6.61 Å². The van der Waals surface area contributed by atoms with Gasteiger partial charge in [0.1, 0.15) is 11.4 Å². The molecule has 0 saturated heterocycles. The lowest BCUT2D eigenvalue weighted by Gasteiger charge is -2.25. The highest BCUT2D eigenvalue weighted by molar-refractivity contribution is 5.83. The van der Waals surface area contributed by atoms with Crippen molar-refractivity contribution in [2.45, 2.75) is 58.8 Å². The molecule has 0 aliphatic carbocycles. The minimum atomic E-state index is -1.12. The van der Waals surface area contributed by atoms with Crippen LogP contribution in [0.4, 0.5) is 10.5 Å². The van der Waals surface area contributed by atoms with Crippen LogP contribution in [0, 0.1) is 10.1 Å². The Bertz CT molecular complexity index is 672. The first-order valence-corrected chi connectivity index (χ1v) is 8.36. The Labute approximate surface area is 158 Å². The standard InChI is InChI=1S/C18H26N2O7/c1-17(2,3)25-11-14(19-16(22)27-18(4,5)6)15(21)26-13-9-7-12(8-10-13)20(23)24/h7-10,14H,11H2,1-6H3,(H,19,22)/t14-/m0/s1. The van der Waals surface area contributed by atoms with E-state index >= 15 is 0 Å². The number of benzene rings is 1. The first-order valence-electron chi connectivity index (χ1n) is 8.36. The first-order chi connectivity index (χ1) is 12.3. The molecule has 0 aromatic heterocycles. The molecule has 1 aromatic rings. The van der Waals surface area contributed by atoms with Crippen LogP contribution >= 0.6 is 0 Å². The number of alkyl carbamates (subject to hydrolysis) is 1. The topological polar surface area (TPSA) is 117 Å². The van der Waals surface area contributed by atoms with Crippen molar-refractivity contribution in [3.8, 4) is 5.75 Å². The van der Waals surface area contributed by atoms with E-state index < -0.39 is 34.2 Å². The second-order valence-corrected chi connectivity index (χ2v) is 7.79. The predicted octanol–water partition coefficient (Wildman–Crippen LogP) is 3.21. The number of carbonyl (C=O) groups excluding carboxylic acids is 2. The second-order valence-electron chi connectivity index (χ2n) is 7.79. The maximum absolute atomic E-state index is 12.4. The number of non-ortho nitro benzene ring substituents is 1. The van der Waals surface area contributed by atoms with Crippen molar-refractivity contribution in [3.05, 3.63) is 34.4 Å². The molecule has 1 atom stereocenters. The van der Waals surface area contributed by atoms with Crippen LogP contribution in [0.25, 0.3) is 0 Å². The molecule has 150 valence electrons. The van der Waals surface area contributed by atoms with Crippen LogP contribution in [0.3, 0.4) is 0 Å². The van der Waals surface area contributed by atoms with Gasteiger partial charge in [-0.15, -0.1) is 0 Å². The molecular weight excluding hydrogens is 356 g/mol. The van der Waals surface area contributed by atoms with Gasteiger partial charge >= 0.3 is 12.1 Å². The van der Waals surface area contributed by atoms with Gasteiger partial charge in [-0.05, 0) is 53.7 Å². The second kappa shape index (κ2) is 8.81. The number of nitrogens with zero attached hydrogens (tertiary/aromatic N) is 1. The molecular formula is C18H26N2O7. The van der Waals surface area contributed by atoms with Gasteiger partial charge in [0, 0.05) is 12.1 Å². The average molecular weight is 382 g/mol. The Hall–Kier alpha value is -2.68. The molecule has 0 fully saturated rings. The third kappa shape index (κ3) is 9.00. The zero-order valence-corrected chi connectivity index (χ0v) is 16.4. The monoisotopic (exact) mass is 382 g/mol. The Morgan fingerprint density at radius 1 is 1.07 bits per heavy atom. The Kier molecular flexibility index (Phi) is 7.29. The summed E-state index contributed by atoms with van der Waals surface area (Å²) in [6.07, 6.45) is -0.786. The fourth-order valence-electron chi connectivity index (χ4n) is 1.77. The maximum atomic E-state index is 12.4. The molecule has 1 N–H and O–H groups in total. The van der Waals surface area contributed by atoms with Gasteiger partial charge in [-0.25, -0.2) is 9.59 Å². The van der Waals surface area contributed by atoms with Crippen LogP contribution in [0.5, 0.6) is 5.75 Å². The summed E-state index contributed by atoms with van der Waals surface area (Å²) in [4.78, 5) is 34.6. The minimum Gasteiger partial charge on any atom is -0.444 e. The van der Waals surface area contributed by atoms with E-state index in [1.807, 2.05) is 0 Å². The van der Waals surface area contributed by atoms with Gasteiger partial charge in [-0.2, -0.15) is 0 Å². The van der Waals surface area contributed by atoms with E-state index in [0.29, 0.717) is 0 Å². The van der Waals surface area contributed by atoms with Crippen LogP contribution in [-0.4, -0.2) is 40.8 Å². The van der Waals surface area contributed by atoms with Crippen molar-refractivity contribution in [3.63, 3.8) is 0 Å². The van der Waals surface area contributed by atoms with Gasteiger partial charge < -0.3 is 19.5 Å². The number of ether oxygens (including phenoxy) is 3. The summed E-state index contributed by atoms with van der Waals surface area (Å²) < 4.78 is 15.9. The van der Waals surface area contributed by atoms with E-state index in [2.05, 4.69) is 5.32 Å². The number of nitro benzene ring substituents is 1. The van der Waals surface area contributed by atoms with E-state index in [1.165, 1.54) is 24.3 Å². The van der Waals surface area contributed by atoms with Gasteiger partial charge in [-0.3, -0.25) is 10.1 Å². The third-order valence-corrected chi connectivity index (χ3v) is 2.92. The molecule has 1 aromatic carbocycles. The average Bonchev–Trinajstić information content (AvgIpc) is 2.49. The van der Waals surface area contributed by atoms with Crippen molar-refractivity contribution in [1.82, 2.24) is 5.32 Å². The number of esters is 1. The molecule has 1 amide bonds. The SMILES string of the molecule is CC(C)(C)OC[C@H](NC(=O)OC(C)(C)C)C(=O)Oc1ccc([N+](=O)[O-])cc1. The number of amides is 1. The quantitative estimate of drug-likeness (QED) is 0.347. The van der Waals surface area contributed by atoms with E-state index in [4.69, 9.17) is 14.2 Å². The number of nitro groups is 1.